The molecule has 0 rings (SSSR count). The van der Waals surface area contributed by atoms with Crippen molar-refractivity contribution >= 4 is 5.97 Å². The molecule has 0 radical (unpaired) electrons. The summed E-state index contributed by atoms with van der Waals surface area (Å²) in [6.07, 6.45) is 8.46. The SMILES string of the molecule is CCCCCCC(O)C[N+](CCO)(CC(O)CCCCCC)C(C)C(=O)O. The van der Waals surface area contributed by atoms with Gasteiger partial charge in [-0.05, 0) is 19.8 Å². The van der Waals surface area contributed by atoms with Crippen molar-refractivity contribution in [2.75, 3.05) is 26.2 Å². The van der Waals surface area contributed by atoms with Crippen LogP contribution in [0.2, 0.25) is 0 Å². The number of carboxylic acids is 1. The van der Waals surface area contributed by atoms with Crippen molar-refractivity contribution in [3.8, 4) is 0 Å². The molecule has 0 fully saturated rings. The van der Waals surface area contributed by atoms with Crippen LogP contribution in [-0.2, 0) is 4.79 Å². The maximum Gasteiger partial charge on any atom is 0.362 e. The van der Waals surface area contributed by atoms with Crippen molar-refractivity contribution in [3.05, 3.63) is 0 Å². The van der Waals surface area contributed by atoms with Crippen LogP contribution in [0.1, 0.15) is 85.0 Å². The fraction of sp³-hybridized carbons (Fsp3) is 0.952. The largest absolute Gasteiger partial charge is 0.477 e. The van der Waals surface area contributed by atoms with Crippen LogP contribution in [0.3, 0.4) is 0 Å². The molecule has 3 unspecified atom stereocenters. The van der Waals surface area contributed by atoms with Crippen LogP contribution in [0.4, 0.5) is 0 Å². The molecule has 27 heavy (non-hydrogen) atoms. The summed E-state index contributed by atoms with van der Waals surface area (Å²) in [5.74, 6) is -0.959. The van der Waals surface area contributed by atoms with Crippen LogP contribution in [-0.4, -0.2) is 75.4 Å². The number of quaternary nitrogens is 1. The summed E-state index contributed by atoms with van der Waals surface area (Å²) in [7, 11) is 0. The number of carbonyl (C=O) groups is 1. The van der Waals surface area contributed by atoms with Gasteiger partial charge in [0.25, 0.3) is 0 Å². The third-order valence-corrected chi connectivity index (χ3v) is 5.65. The van der Waals surface area contributed by atoms with Gasteiger partial charge in [0.15, 0.2) is 6.04 Å². The first-order chi connectivity index (χ1) is 12.8. The Kier molecular flexibility index (Phi) is 14.9. The van der Waals surface area contributed by atoms with Crippen molar-refractivity contribution in [2.45, 2.75) is 103 Å². The number of hydrogen-bond acceptors (Lipinski definition) is 4. The fourth-order valence-electron chi connectivity index (χ4n) is 3.84. The van der Waals surface area contributed by atoms with Crippen molar-refractivity contribution in [2.24, 2.45) is 0 Å². The Balaban J connectivity index is 5.02. The summed E-state index contributed by atoms with van der Waals surface area (Å²) in [5.41, 5.74) is 0. The predicted octanol–water partition coefficient (Wildman–Crippen LogP) is 2.93. The maximum absolute atomic E-state index is 11.7. The van der Waals surface area contributed by atoms with Gasteiger partial charge in [0.05, 0.1) is 6.61 Å². The summed E-state index contributed by atoms with van der Waals surface area (Å²) in [5, 5.41) is 40.2. The van der Waals surface area contributed by atoms with Gasteiger partial charge in [-0.3, -0.25) is 0 Å². The average molecular weight is 391 g/mol. The highest BCUT2D eigenvalue weighted by Crippen LogP contribution is 2.21. The molecule has 0 aliphatic rings. The van der Waals surface area contributed by atoms with E-state index < -0.39 is 24.2 Å². The number of carboxylic acid groups (broad SMARTS) is 1. The van der Waals surface area contributed by atoms with E-state index in [1.165, 1.54) is 0 Å². The molecule has 6 heteroatoms. The maximum atomic E-state index is 11.7. The Labute approximate surface area is 165 Å². The number of rotatable bonds is 18. The lowest BCUT2D eigenvalue weighted by Crippen LogP contribution is -2.64. The van der Waals surface area contributed by atoms with Crippen LogP contribution >= 0.6 is 0 Å². The third-order valence-electron chi connectivity index (χ3n) is 5.65. The van der Waals surface area contributed by atoms with E-state index in [4.69, 9.17) is 0 Å². The summed E-state index contributed by atoms with van der Waals surface area (Å²) < 4.78 is 0.0235. The topological polar surface area (TPSA) is 98.0 Å². The zero-order valence-electron chi connectivity index (χ0n) is 17.8. The first-order valence-electron chi connectivity index (χ1n) is 10.9. The van der Waals surface area contributed by atoms with Gasteiger partial charge in [0, 0.05) is 0 Å². The molecule has 0 aromatic heterocycles. The zero-order chi connectivity index (χ0) is 20.7. The van der Waals surface area contributed by atoms with E-state index in [0.717, 1.165) is 51.4 Å². The average Bonchev–Trinajstić information content (AvgIpc) is 2.61. The number of unbranched alkanes of at least 4 members (excludes halogenated alkanes) is 6. The lowest BCUT2D eigenvalue weighted by molar-refractivity contribution is -0.947. The van der Waals surface area contributed by atoms with Crippen molar-refractivity contribution in [1.82, 2.24) is 0 Å². The predicted molar refractivity (Wildman–Crippen MR) is 109 cm³/mol. The molecule has 0 bridgehead atoms. The van der Waals surface area contributed by atoms with E-state index in [1.54, 1.807) is 6.92 Å². The van der Waals surface area contributed by atoms with Gasteiger partial charge >= 0.3 is 5.97 Å². The molecule has 162 valence electrons. The number of nitrogens with zero attached hydrogens (tertiary/aromatic N) is 1. The van der Waals surface area contributed by atoms with Gasteiger partial charge in [-0.15, -0.1) is 0 Å². The minimum absolute atomic E-state index is 0.0235. The number of aliphatic hydroxyl groups is 3. The molecule has 0 spiro atoms. The monoisotopic (exact) mass is 390 g/mol. The summed E-state index contributed by atoms with van der Waals surface area (Å²) in [6.45, 7) is 6.46. The Morgan fingerprint density at radius 1 is 0.852 bits per heavy atom. The second-order valence-electron chi connectivity index (χ2n) is 8.05. The third kappa shape index (κ3) is 11.0. The van der Waals surface area contributed by atoms with Gasteiger partial charge < -0.3 is 24.9 Å². The van der Waals surface area contributed by atoms with Crippen LogP contribution in [0, 0.1) is 0 Å². The molecule has 0 aromatic rings. The van der Waals surface area contributed by atoms with Crippen molar-refractivity contribution in [3.63, 3.8) is 0 Å². The highest BCUT2D eigenvalue weighted by molar-refractivity contribution is 5.71. The second kappa shape index (κ2) is 15.3. The van der Waals surface area contributed by atoms with Gasteiger partial charge in [-0.1, -0.05) is 65.2 Å². The quantitative estimate of drug-likeness (QED) is 0.213. The molecule has 0 amide bonds. The standard InChI is InChI=1S/C21H43NO5/c1-4-6-8-10-12-19(24)16-22(14-15-23,18(3)21(26)27)17-20(25)13-11-9-7-5-2/h18-20,23-25H,4-17H2,1-3H3/p+1. The minimum Gasteiger partial charge on any atom is -0.477 e. The first-order valence-corrected chi connectivity index (χ1v) is 10.9. The van der Waals surface area contributed by atoms with E-state index in [9.17, 15) is 25.2 Å². The van der Waals surface area contributed by atoms with Gasteiger partial charge in [0.2, 0.25) is 0 Å². The van der Waals surface area contributed by atoms with Crippen LogP contribution in [0.25, 0.3) is 0 Å². The summed E-state index contributed by atoms with van der Waals surface area (Å²) in [6, 6.07) is -0.785. The van der Waals surface area contributed by atoms with Crippen LogP contribution < -0.4 is 0 Å². The summed E-state index contributed by atoms with van der Waals surface area (Å²) in [4.78, 5) is 11.7. The van der Waals surface area contributed by atoms with Crippen LogP contribution in [0.15, 0.2) is 0 Å². The van der Waals surface area contributed by atoms with Gasteiger partial charge in [0.1, 0.15) is 31.8 Å². The Morgan fingerprint density at radius 3 is 1.63 bits per heavy atom. The highest BCUT2D eigenvalue weighted by Gasteiger charge is 2.41. The molecule has 0 aromatic carbocycles. The fourth-order valence-corrected chi connectivity index (χ4v) is 3.84. The molecule has 0 aliphatic carbocycles. The molecule has 0 aliphatic heterocycles. The lowest BCUT2D eigenvalue weighted by Gasteiger charge is -2.43. The van der Waals surface area contributed by atoms with E-state index in [0.29, 0.717) is 12.8 Å². The Hall–Kier alpha value is -0.690. The number of aliphatic carboxylic acids is 1. The molecule has 0 saturated heterocycles. The van der Waals surface area contributed by atoms with E-state index in [2.05, 4.69) is 13.8 Å². The summed E-state index contributed by atoms with van der Waals surface area (Å²) >= 11 is 0. The normalized spacial score (nSPS) is 17.3. The second-order valence-corrected chi connectivity index (χ2v) is 8.05. The van der Waals surface area contributed by atoms with Crippen molar-refractivity contribution < 1.29 is 29.7 Å². The van der Waals surface area contributed by atoms with Crippen molar-refractivity contribution in [1.29, 1.82) is 0 Å². The molecular formula is C21H44NO5+. The Bertz CT molecular complexity index is 358. The zero-order valence-corrected chi connectivity index (χ0v) is 17.8. The van der Waals surface area contributed by atoms with Crippen LogP contribution in [0.5, 0.6) is 0 Å². The van der Waals surface area contributed by atoms with E-state index in [-0.39, 0.29) is 30.7 Å². The molecule has 6 nitrogen and oxygen atoms in total. The number of aliphatic hydroxyl groups excluding tert-OH is 3. The molecule has 0 heterocycles. The smallest absolute Gasteiger partial charge is 0.362 e. The van der Waals surface area contributed by atoms with Gasteiger partial charge in [-0.25, -0.2) is 4.79 Å². The number of hydrogen-bond donors (Lipinski definition) is 4. The minimum atomic E-state index is -0.959. The molecule has 4 N–H and O–H groups in total. The highest BCUT2D eigenvalue weighted by atomic mass is 16.4. The van der Waals surface area contributed by atoms with Gasteiger partial charge in [-0.2, -0.15) is 0 Å². The molecule has 0 saturated carbocycles. The molecular weight excluding hydrogens is 346 g/mol. The molecule has 3 atom stereocenters. The van der Waals surface area contributed by atoms with E-state index in [1.807, 2.05) is 0 Å². The lowest BCUT2D eigenvalue weighted by atomic mass is 10.0. The van der Waals surface area contributed by atoms with E-state index >= 15 is 0 Å². The first kappa shape index (κ1) is 26.3. The Morgan fingerprint density at radius 2 is 1.30 bits per heavy atom.